The first kappa shape index (κ1) is 19.9. The molecule has 1 amide bonds. The Kier molecular flexibility index (Phi) is 5.27. The van der Waals surface area contributed by atoms with E-state index < -0.39 is 0 Å². The van der Waals surface area contributed by atoms with Gasteiger partial charge in [-0.25, -0.2) is 0 Å². The second kappa shape index (κ2) is 8.22. The number of piperidine rings is 1. The van der Waals surface area contributed by atoms with Gasteiger partial charge in [-0.1, -0.05) is 5.16 Å². The predicted molar refractivity (Wildman–Crippen MR) is 111 cm³/mol. The van der Waals surface area contributed by atoms with E-state index in [2.05, 4.69) is 20.2 Å². The molecule has 2 fully saturated rings. The Labute approximate surface area is 180 Å². The molecule has 0 aliphatic carbocycles. The smallest absolute Gasteiger partial charge is 0.257 e. The summed E-state index contributed by atoms with van der Waals surface area (Å²) in [4.78, 5) is 23.2. The van der Waals surface area contributed by atoms with E-state index in [0.717, 1.165) is 44.3 Å². The van der Waals surface area contributed by atoms with Gasteiger partial charge in [0.2, 0.25) is 11.7 Å². The summed E-state index contributed by atoms with van der Waals surface area (Å²) >= 11 is 0. The van der Waals surface area contributed by atoms with E-state index in [1.54, 1.807) is 29.5 Å². The Balaban J connectivity index is 1.19. The van der Waals surface area contributed by atoms with Crippen LogP contribution in [-0.2, 0) is 18.2 Å². The highest BCUT2D eigenvalue weighted by Crippen LogP contribution is 2.39. The van der Waals surface area contributed by atoms with Crippen LogP contribution in [0.2, 0.25) is 0 Å². The van der Waals surface area contributed by atoms with Gasteiger partial charge in [0.25, 0.3) is 5.91 Å². The lowest BCUT2D eigenvalue weighted by Crippen LogP contribution is -2.51. The highest BCUT2D eigenvalue weighted by atomic mass is 16.5. The molecule has 9 heteroatoms. The number of amides is 1. The molecule has 1 atom stereocenters. The van der Waals surface area contributed by atoms with Gasteiger partial charge in [0.05, 0.1) is 17.4 Å². The maximum absolute atomic E-state index is 12.7. The zero-order valence-corrected chi connectivity index (χ0v) is 17.6. The van der Waals surface area contributed by atoms with Crippen LogP contribution in [0.1, 0.15) is 41.9 Å². The highest BCUT2D eigenvalue weighted by molar-refractivity contribution is 5.93. The molecule has 5 heterocycles. The molecule has 5 rings (SSSR count). The quantitative estimate of drug-likeness (QED) is 0.637. The first-order chi connectivity index (χ1) is 15.1. The molecule has 0 bridgehead atoms. The van der Waals surface area contributed by atoms with Crippen molar-refractivity contribution in [2.75, 3.05) is 19.7 Å². The molecule has 0 N–H and O–H groups in total. The highest BCUT2D eigenvalue weighted by Gasteiger charge is 2.41. The van der Waals surface area contributed by atoms with E-state index in [1.165, 1.54) is 0 Å². The second-order valence-corrected chi connectivity index (χ2v) is 8.54. The first-order valence-corrected chi connectivity index (χ1v) is 10.8. The number of carbonyl (C=O) groups excluding carboxylic acids is 1. The van der Waals surface area contributed by atoms with Crippen molar-refractivity contribution in [1.29, 1.82) is 0 Å². The lowest BCUT2D eigenvalue weighted by atomic mass is 9.78. The normalized spacial score (nSPS) is 20.8. The number of ether oxygens (including phenoxy) is 1. The maximum Gasteiger partial charge on any atom is 0.257 e. The fourth-order valence-electron chi connectivity index (χ4n) is 4.69. The van der Waals surface area contributed by atoms with Crippen LogP contribution >= 0.6 is 0 Å². The lowest BCUT2D eigenvalue weighted by Gasteiger charge is -2.46. The van der Waals surface area contributed by atoms with Gasteiger partial charge in [0.1, 0.15) is 0 Å². The number of aromatic nitrogens is 5. The molecule has 1 unspecified atom stereocenters. The monoisotopic (exact) mass is 422 g/mol. The third kappa shape index (κ3) is 4.23. The van der Waals surface area contributed by atoms with E-state index >= 15 is 0 Å². The van der Waals surface area contributed by atoms with Crippen molar-refractivity contribution in [3.8, 4) is 11.4 Å². The molecule has 31 heavy (non-hydrogen) atoms. The van der Waals surface area contributed by atoms with Crippen LogP contribution in [0.4, 0.5) is 0 Å². The van der Waals surface area contributed by atoms with E-state index in [-0.39, 0.29) is 11.5 Å². The predicted octanol–water partition coefficient (Wildman–Crippen LogP) is 2.51. The molecule has 162 valence electrons. The summed E-state index contributed by atoms with van der Waals surface area (Å²) in [5.41, 5.74) is 1.38. The zero-order valence-electron chi connectivity index (χ0n) is 17.6. The number of hydrogen-bond acceptors (Lipinski definition) is 7. The van der Waals surface area contributed by atoms with Gasteiger partial charge in [0.15, 0.2) is 0 Å². The molecule has 9 nitrogen and oxygen atoms in total. The Morgan fingerprint density at radius 1 is 1.26 bits per heavy atom. The van der Waals surface area contributed by atoms with Gasteiger partial charge in [0, 0.05) is 57.3 Å². The molecule has 0 aromatic carbocycles. The average Bonchev–Trinajstić information content (AvgIpc) is 3.44. The minimum absolute atomic E-state index is 0.0461. The third-order valence-electron chi connectivity index (χ3n) is 6.38. The third-order valence-corrected chi connectivity index (χ3v) is 6.38. The minimum Gasteiger partial charge on any atom is -0.375 e. The van der Waals surface area contributed by atoms with Crippen molar-refractivity contribution >= 4 is 5.91 Å². The Bertz CT molecular complexity index is 1040. The van der Waals surface area contributed by atoms with Gasteiger partial charge >= 0.3 is 0 Å². The van der Waals surface area contributed by atoms with Crippen molar-refractivity contribution in [3.05, 3.63) is 48.4 Å². The van der Waals surface area contributed by atoms with Gasteiger partial charge in [-0.05, 0) is 43.7 Å². The summed E-state index contributed by atoms with van der Waals surface area (Å²) in [6, 6.07) is 3.75. The summed E-state index contributed by atoms with van der Waals surface area (Å²) in [5, 5.41) is 8.23. The number of hydrogen-bond donors (Lipinski definition) is 0. The van der Waals surface area contributed by atoms with Gasteiger partial charge in [-0.15, -0.1) is 0 Å². The summed E-state index contributed by atoms with van der Waals surface area (Å²) in [6.45, 7) is 2.13. The molecule has 2 aliphatic rings. The van der Waals surface area contributed by atoms with Crippen LogP contribution in [0.25, 0.3) is 11.4 Å². The van der Waals surface area contributed by atoms with Crippen LogP contribution in [0.15, 0.2) is 41.4 Å². The molecular weight excluding hydrogens is 396 g/mol. The molecular formula is C22H26N6O3. The average molecular weight is 422 g/mol. The summed E-state index contributed by atoms with van der Waals surface area (Å²) < 4.78 is 13.4. The summed E-state index contributed by atoms with van der Waals surface area (Å²) in [5.74, 6) is 1.74. The topological polar surface area (TPSA) is 99.2 Å². The van der Waals surface area contributed by atoms with Gasteiger partial charge in [-0.3, -0.25) is 14.5 Å². The van der Waals surface area contributed by atoms with Crippen molar-refractivity contribution in [2.45, 2.75) is 37.7 Å². The molecule has 3 aromatic rings. The van der Waals surface area contributed by atoms with E-state index in [0.29, 0.717) is 36.3 Å². The maximum atomic E-state index is 12.7. The van der Waals surface area contributed by atoms with Gasteiger partial charge < -0.3 is 14.2 Å². The molecule has 0 saturated carbocycles. The number of nitrogens with zero attached hydrogens (tertiary/aromatic N) is 6. The van der Waals surface area contributed by atoms with Crippen molar-refractivity contribution < 1.29 is 14.1 Å². The molecule has 3 aromatic heterocycles. The van der Waals surface area contributed by atoms with Crippen LogP contribution in [0, 0.1) is 5.92 Å². The summed E-state index contributed by atoms with van der Waals surface area (Å²) in [7, 11) is 1.82. The van der Waals surface area contributed by atoms with Gasteiger partial charge in [-0.2, -0.15) is 10.1 Å². The number of likely N-dealkylation sites (tertiary alicyclic amines) is 1. The van der Waals surface area contributed by atoms with E-state index in [9.17, 15) is 4.79 Å². The fraction of sp³-hybridized carbons (Fsp3) is 0.500. The number of pyridine rings is 1. The van der Waals surface area contributed by atoms with Crippen LogP contribution in [0.5, 0.6) is 0 Å². The fourth-order valence-corrected chi connectivity index (χ4v) is 4.69. The van der Waals surface area contributed by atoms with E-state index in [4.69, 9.17) is 9.26 Å². The largest absolute Gasteiger partial charge is 0.375 e. The minimum atomic E-state index is -0.164. The van der Waals surface area contributed by atoms with Crippen molar-refractivity contribution in [1.82, 2.24) is 29.8 Å². The van der Waals surface area contributed by atoms with Crippen LogP contribution in [-0.4, -0.2) is 61.0 Å². The number of aryl methyl sites for hydroxylation is 1. The molecule has 2 saturated heterocycles. The molecule has 1 spiro atoms. The lowest BCUT2D eigenvalue weighted by molar-refractivity contribution is -0.124. The van der Waals surface area contributed by atoms with Crippen molar-refractivity contribution in [3.63, 3.8) is 0 Å². The second-order valence-electron chi connectivity index (χ2n) is 8.54. The number of carbonyl (C=O) groups is 1. The van der Waals surface area contributed by atoms with Crippen LogP contribution < -0.4 is 0 Å². The summed E-state index contributed by atoms with van der Waals surface area (Å²) in [6.07, 6.45) is 11.2. The SMILES string of the molecule is Cn1cc(C(=O)N2CCC3(CC2)CC(Cc2nc(-c4ccncc4)no2)CCO3)cn1. The van der Waals surface area contributed by atoms with Crippen molar-refractivity contribution in [2.24, 2.45) is 13.0 Å². The molecule has 2 aliphatic heterocycles. The number of rotatable bonds is 4. The van der Waals surface area contributed by atoms with Crippen LogP contribution in [0.3, 0.4) is 0 Å². The Hall–Kier alpha value is -3.07. The zero-order chi connectivity index (χ0) is 21.3. The Morgan fingerprint density at radius 2 is 2.06 bits per heavy atom. The van der Waals surface area contributed by atoms with E-state index in [1.807, 2.05) is 24.1 Å². The Morgan fingerprint density at radius 3 is 2.81 bits per heavy atom. The standard InChI is InChI=1S/C22H26N6O3/c1-27-15-18(14-24-27)21(29)28-9-5-22(6-10-28)13-16(4-11-30-22)12-19-25-20(26-31-19)17-2-7-23-8-3-17/h2-3,7-8,14-16H,4-6,9-13H2,1H3. The molecule has 0 radical (unpaired) electrons. The first-order valence-electron chi connectivity index (χ1n) is 10.8.